The Bertz CT molecular complexity index is 208. The minimum absolute atomic E-state index is 0.118. The normalized spacial score (nSPS) is 31.1. The summed E-state index contributed by atoms with van der Waals surface area (Å²) in [7, 11) is 0. The van der Waals surface area contributed by atoms with Crippen molar-refractivity contribution in [3.63, 3.8) is 0 Å². The van der Waals surface area contributed by atoms with E-state index in [1.165, 1.54) is 31.4 Å². The molecule has 1 aliphatic carbocycles. The van der Waals surface area contributed by atoms with Gasteiger partial charge in [0.15, 0.2) is 0 Å². The van der Waals surface area contributed by atoms with Crippen LogP contribution in [0.4, 0.5) is 0 Å². The maximum atomic E-state index is 10.9. The molecule has 2 nitrogen and oxygen atoms in total. The molecular formula is C9H13NO. The summed E-state index contributed by atoms with van der Waals surface area (Å²) in [6.45, 7) is 0. The highest BCUT2D eigenvalue weighted by atomic mass is 16.1. The topological polar surface area (TPSA) is 29.4 Å². The molecule has 1 saturated carbocycles. The fourth-order valence-corrected chi connectivity index (χ4v) is 2.03. The minimum atomic E-state index is 0.118. The largest absolute Gasteiger partial charge is 0.273 e. The van der Waals surface area contributed by atoms with Gasteiger partial charge < -0.3 is 0 Å². The number of hydrogen-bond donors (Lipinski definition) is 0. The van der Waals surface area contributed by atoms with Crippen LogP contribution in [-0.2, 0) is 4.79 Å². The van der Waals surface area contributed by atoms with E-state index in [4.69, 9.17) is 0 Å². The summed E-state index contributed by atoms with van der Waals surface area (Å²) in [5, 5.41) is 0. The fraction of sp³-hybridized carbons (Fsp3) is 0.778. The van der Waals surface area contributed by atoms with E-state index in [2.05, 4.69) is 4.99 Å². The van der Waals surface area contributed by atoms with Crippen molar-refractivity contribution in [2.75, 3.05) is 0 Å². The highest BCUT2D eigenvalue weighted by molar-refractivity contribution is 6.03. The number of hydrogen-bond acceptors (Lipinski definition) is 1. The van der Waals surface area contributed by atoms with Gasteiger partial charge in [0.2, 0.25) is 5.91 Å². The second kappa shape index (κ2) is 2.76. The second-order valence-corrected chi connectivity index (χ2v) is 3.50. The molecule has 0 aromatic heterocycles. The van der Waals surface area contributed by atoms with E-state index >= 15 is 0 Å². The summed E-state index contributed by atoms with van der Waals surface area (Å²) in [5.74, 6) is 0.650. The van der Waals surface area contributed by atoms with Crippen LogP contribution in [0.3, 0.4) is 0 Å². The lowest BCUT2D eigenvalue weighted by Gasteiger charge is -2.05. The SMILES string of the molecule is O=C1CC2CCCCCC2=N1. The van der Waals surface area contributed by atoms with Crippen molar-refractivity contribution in [1.29, 1.82) is 0 Å². The monoisotopic (exact) mass is 151 g/mol. The maximum absolute atomic E-state index is 10.9. The van der Waals surface area contributed by atoms with Gasteiger partial charge in [0.1, 0.15) is 0 Å². The Morgan fingerprint density at radius 1 is 1.27 bits per heavy atom. The van der Waals surface area contributed by atoms with Gasteiger partial charge >= 0.3 is 0 Å². The Balaban J connectivity index is 2.14. The molecule has 2 heteroatoms. The van der Waals surface area contributed by atoms with Gasteiger partial charge in [-0.15, -0.1) is 0 Å². The van der Waals surface area contributed by atoms with Gasteiger partial charge in [0.25, 0.3) is 0 Å². The van der Waals surface area contributed by atoms with E-state index in [9.17, 15) is 4.79 Å². The van der Waals surface area contributed by atoms with E-state index in [-0.39, 0.29) is 5.91 Å². The first-order valence-corrected chi connectivity index (χ1v) is 4.46. The molecule has 0 aromatic rings. The van der Waals surface area contributed by atoms with Crippen molar-refractivity contribution in [3.05, 3.63) is 0 Å². The number of fused-ring (bicyclic) bond motifs is 1. The third-order valence-corrected chi connectivity index (χ3v) is 2.65. The molecular weight excluding hydrogens is 138 g/mol. The van der Waals surface area contributed by atoms with Crippen molar-refractivity contribution in [2.24, 2.45) is 10.9 Å². The molecule has 60 valence electrons. The summed E-state index contributed by atoms with van der Waals surface area (Å²) >= 11 is 0. The molecule has 1 aliphatic heterocycles. The van der Waals surface area contributed by atoms with Crippen molar-refractivity contribution >= 4 is 11.6 Å². The lowest BCUT2D eigenvalue weighted by Crippen LogP contribution is -2.06. The van der Waals surface area contributed by atoms with E-state index in [1.54, 1.807) is 0 Å². The molecule has 0 aromatic carbocycles. The van der Waals surface area contributed by atoms with Crippen LogP contribution >= 0.6 is 0 Å². The molecule has 0 bridgehead atoms. The summed E-state index contributed by atoms with van der Waals surface area (Å²) in [6, 6.07) is 0. The van der Waals surface area contributed by atoms with Crippen LogP contribution in [-0.4, -0.2) is 11.6 Å². The summed E-state index contributed by atoms with van der Waals surface area (Å²) in [5.41, 5.74) is 1.20. The van der Waals surface area contributed by atoms with Crippen molar-refractivity contribution in [1.82, 2.24) is 0 Å². The minimum Gasteiger partial charge on any atom is -0.273 e. The third-order valence-electron chi connectivity index (χ3n) is 2.65. The zero-order chi connectivity index (χ0) is 7.68. The number of carbonyl (C=O) groups excluding carboxylic acids is 1. The molecule has 0 radical (unpaired) electrons. The standard InChI is InChI=1S/C9H13NO/c11-9-6-7-4-2-1-3-5-8(7)10-9/h7H,1-6H2. The van der Waals surface area contributed by atoms with Crippen LogP contribution in [0.2, 0.25) is 0 Å². The van der Waals surface area contributed by atoms with Crippen LogP contribution in [0.25, 0.3) is 0 Å². The molecule has 0 spiro atoms. The molecule has 0 saturated heterocycles. The van der Waals surface area contributed by atoms with Gasteiger partial charge in [-0.05, 0) is 19.3 Å². The van der Waals surface area contributed by atoms with Crippen molar-refractivity contribution in [2.45, 2.75) is 38.5 Å². The Morgan fingerprint density at radius 3 is 3.09 bits per heavy atom. The van der Waals surface area contributed by atoms with E-state index < -0.39 is 0 Å². The number of rotatable bonds is 0. The van der Waals surface area contributed by atoms with Gasteiger partial charge in [-0.1, -0.05) is 12.8 Å². The number of amides is 1. The van der Waals surface area contributed by atoms with Crippen LogP contribution in [0.1, 0.15) is 38.5 Å². The number of aliphatic imine (C=N–C) groups is 1. The number of nitrogens with zero attached hydrogens (tertiary/aromatic N) is 1. The summed E-state index contributed by atoms with van der Waals surface area (Å²) in [4.78, 5) is 15.0. The summed E-state index contributed by atoms with van der Waals surface area (Å²) in [6.07, 6.45) is 6.83. The van der Waals surface area contributed by atoms with Crippen LogP contribution in [0, 0.1) is 5.92 Å². The van der Waals surface area contributed by atoms with Gasteiger partial charge in [-0.2, -0.15) is 0 Å². The zero-order valence-electron chi connectivity index (χ0n) is 6.68. The summed E-state index contributed by atoms with van der Waals surface area (Å²) < 4.78 is 0. The first-order chi connectivity index (χ1) is 5.36. The Labute approximate surface area is 66.7 Å². The number of carbonyl (C=O) groups is 1. The predicted octanol–water partition coefficient (Wildman–Crippen LogP) is 1.94. The van der Waals surface area contributed by atoms with Crippen LogP contribution < -0.4 is 0 Å². The Kier molecular flexibility index (Phi) is 1.76. The molecule has 11 heavy (non-hydrogen) atoms. The highest BCUT2D eigenvalue weighted by Crippen LogP contribution is 2.28. The molecule has 1 unspecified atom stereocenters. The molecule has 1 atom stereocenters. The van der Waals surface area contributed by atoms with Gasteiger partial charge in [0, 0.05) is 18.1 Å². The Morgan fingerprint density at radius 2 is 2.18 bits per heavy atom. The van der Waals surface area contributed by atoms with E-state index in [1.807, 2.05) is 0 Å². The highest BCUT2D eigenvalue weighted by Gasteiger charge is 2.27. The molecule has 0 N–H and O–H groups in total. The van der Waals surface area contributed by atoms with E-state index in [0.29, 0.717) is 12.3 Å². The molecule has 1 heterocycles. The fourth-order valence-electron chi connectivity index (χ4n) is 2.03. The lowest BCUT2D eigenvalue weighted by molar-refractivity contribution is -0.117. The quantitative estimate of drug-likeness (QED) is 0.520. The smallest absolute Gasteiger partial charge is 0.246 e. The average molecular weight is 151 g/mol. The molecule has 1 fully saturated rings. The maximum Gasteiger partial charge on any atom is 0.246 e. The Hall–Kier alpha value is -0.660. The molecule has 1 amide bonds. The predicted molar refractivity (Wildman–Crippen MR) is 43.6 cm³/mol. The molecule has 2 aliphatic rings. The van der Waals surface area contributed by atoms with Gasteiger partial charge in [-0.25, -0.2) is 4.99 Å². The first-order valence-electron chi connectivity index (χ1n) is 4.46. The average Bonchev–Trinajstić information content (AvgIpc) is 2.17. The zero-order valence-corrected chi connectivity index (χ0v) is 6.68. The molecule has 2 rings (SSSR count). The van der Waals surface area contributed by atoms with Crippen LogP contribution in [0.5, 0.6) is 0 Å². The third kappa shape index (κ3) is 1.35. The van der Waals surface area contributed by atoms with Gasteiger partial charge in [0.05, 0.1) is 0 Å². The first kappa shape index (κ1) is 7.01. The second-order valence-electron chi connectivity index (χ2n) is 3.50. The lowest BCUT2D eigenvalue weighted by atomic mass is 9.97. The van der Waals surface area contributed by atoms with Gasteiger partial charge in [-0.3, -0.25) is 4.79 Å². The van der Waals surface area contributed by atoms with Crippen molar-refractivity contribution < 1.29 is 4.79 Å². The van der Waals surface area contributed by atoms with Crippen molar-refractivity contribution in [3.8, 4) is 0 Å². The van der Waals surface area contributed by atoms with E-state index in [0.717, 1.165) is 6.42 Å². The van der Waals surface area contributed by atoms with Crippen LogP contribution in [0.15, 0.2) is 4.99 Å².